The Morgan fingerprint density at radius 3 is 2.59 bits per heavy atom. The van der Waals surface area contributed by atoms with Crippen molar-refractivity contribution in [2.45, 2.75) is 84.3 Å². The molecule has 44 heavy (non-hydrogen) atoms. The van der Waals surface area contributed by atoms with E-state index in [1.54, 1.807) is 39.0 Å². The molecule has 1 unspecified atom stereocenters. The van der Waals surface area contributed by atoms with Crippen molar-refractivity contribution in [3.63, 3.8) is 0 Å². The number of fused-ring (bicyclic) bond motifs is 5. The minimum Gasteiger partial charge on any atom is -0.481 e. The van der Waals surface area contributed by atoms with Gasteiger partial charge in [0.2, 0.25) is 0 Å². The van der Waals surface area contributed by atoms with E-state index in [1.807, 2.05) is 6.92 Å². The number of aromatic nitrogens is 2. The Morgan fingerprint density at radius 2 is 1.91 bits per heavy atom. The average molecular weight is 608 g/mol. The van der Waals surface area contributed by atoms with Crippen molar-refractivity contribution in [1.29, 1.82) is 0 Å². The number of ether oxygens (including phenoxy) is 3. The van der Waals surface area contributed by atoms with Gasteiger partial charge in [-0.3, -0.25) is 14.4 Å². The van der Waals surface area contributed by atoms with Crippen molar-refractivity contribution >= 4 is 34.9 Å². The molecular formula is C31H33N3O10. The van der Waals surface area contributed by atoms with Crippen LogP contribution in [0.3, 0.4) is 0 Å². The lowest BCUT2D eigenvalue weighted by Crippen LogP contribution is -2.45. The van der Waals surface area contributed by atoms with Crippen molar-refractivity contribution in [3.05, 3.63) is 56.9 Å². The number of aliphatic hydroxyl groups is 1. The zero-order chi connectivity index (χ0) is 32.1. The molecule has 0 radical (unpaired) electrons. The summed E-state index contributed by atoms with van der Waals surface area (Å²) in [6.45, 7) is 8.26. The molecule has 4 heterocycles. The Bertz CT molecular complexity index is 1780. The number of nitrogens with one attached hydrogen (secondary N) is 1. The zero-order valence-electron chi connectivity index (χ0n) is 25.0. The van der Waals surface area contributed by atoms with Crippen molar-refractivity contribution in [2.24, 2.45) is 0 Å². The molecule has 0 saturated heterocycles. The van der Waals surface area contributed by atoms with Crippen molar-refractivity contribution < 1.29 is 43.6 Å². The van der Waals surface area contributed by atoms with E-state index >= 15 is 0 Å². The number of hydrogen-bond acceptors (Lipinski definition) is 10. The smallest absolute Gasteiger partial charge is 0.408 e. The van der Waals surface area contributed by atoms with Crippen LogP contribution in [0.25, 0.3) is 22.3 Å². The van der Waals surface area contributed by atoms with Crippen molar-refractivity contribution in [3.8, 4) is 17.1 Å². The molecule has 13 heteroatoms. The summed E-state index contributed by atoms with van der Waals surface area (Å²) in [6, 6.07) is 5.19. The third-order valence-corrected chi connectivity index (χ3v) is 7.59. The van der Waals surface area contributed by atoms with E-state index in [0.717, 1.165) is 11.1 Å². The number of amides is 1. The maximum atomic E-state index is 13.5. The molecule has 1 amide bonds. The van der Waals surface area contributed by atoms with Gasteiger partial charge in [0.05, 0.1) is 41.0 Å². The Hall–Kier alpha value is -4.78. The van der Waals surface area contributed by atoms with Gasteiger partial charge in [-0.2, -0.15) is 0 Å². The molecular weight excluding hydrogens is 574 g/mol. The Kier molecular flexibility index (Phi) is 7.70. The van der Waals surface area contributed by atoms with Crippen LogP contribution in [0, 0.1) is 6.92 Å². The normalized spacial score (nSPS) is 17.9. The molecule has 0 spiro atoms. The average Bonchev–Trinajstić information content (AvgIpc) is 3.23. The van der Waals surface area contributed by atoms with Gasteiger partial charge in [-0.05, 0) is 76.4 Å². The number of rotatable bonds is 6. The number of carboxylic acid groups (broad SMARTS) is 1. The highest BCUT2D eigenvalue weighted by Crippen LogP contribution is 2.39. The van der Waals surface area contributed by atoms with E-state index in [-0.39, 0.29) is 49.3 Å². The van der Waals surface area contributed by atoms with Gasteiger partial charge in [-0.15, -0.1) is 0 Å². The van der Waals surface area contributed by atoms with E-state index < -0.39 is 41.2 Å². The Labute approximate surface area is 251 Å². The number of hydrogen-bond donors (Lipinski definition) is 3. The van der Waals surface area contributed by atoms with E-state index in [4.69, 9.17) is 24.3 Å². The fraction of sp³-hybridized carbons (Fsp3) is 0.419. The highest BCUT2D eigenvalue weighted by atomic mass is 16.6. The van der Waals surface area contributed by atoms with Gasteiger partial charge in [-0.25, -0.2) is 14.6 Å². The monoisotopic (exact) mass is 607 g/mol. The Morgan fingerprint density at radius 1 is 1.18 bits per heavy atom. The first-order valence-electron chi connectivity index (χ1n) is 14.1. The van der Waals surface area contributed by atoms with Crippen LogP contribution in [0.2, 0.25) is 0 Å². The molecule has 232 valence electrons. The van der Waals surface area contributed by atoms with E-state index in [0.29, 0.717) is 27.9 Å². The largest absolute Gasteiger partial charge is 0.481 e. The summed E-state index contributed by atoms with van der Waals surface area (Å²) in [7, 11) is 0. The molecule has 1 aromatic carbocycles. The summed E-state index contributed by atoms with van der Waals surface area (Å²) >= 11 is 0. The number of pyridine rings is 2. The first-order valence-corrected chi connectivity index (χ1v) is 14.1. The lowest BCUT2D eigenvalue weighted by atomic mass is 9.89. The summed E-state index contributed by atoms with van der Waals surface area (Å²) in [5, 5.41) is 23.2. The lowest BCUT2D eigenvalue weighted by molar-refractivity contribution is -0.149. The summed E-state index contributed by atoms with van der Waals surface area (Å²) in [6.07, 6.45) is -1.76. The molecule has 0 aliphatic carbocycles. The first-order chi connectivity index (χ1) is 20.5. The van der Waals surface area contributed by atoms with Crippen LogP contribution in [-0.4, -0.2) is 55.4 Å². The molecule has 5 rings (SSSR count). The number of carboxylic acids is 1. The van der Waals surface area contributed by atoms with Crippen LogP contribution in [0.5, 0.6) is 5.75 Å². The number of nitrogens with zero attached hydrogens (tertiary/aromatic N) is 2. The molecule has 2 atom stereocenters. The van der Waals surface area contributed by atoms with E-state index in [2.05, 4.69) is 5.32 Å². The molecule has 0 bridgehead atoms. The summed E-state index contributed by atoms with van der Waals surface area (Å²) in [5.41, 5.74) is 0.904. The van der Waals surface area contributed by atoms with Gasteiger partial charge in [0, 0.05) is 17.4 Å². The predicted octanol–water partition coefficient (Wildman–Crippen LogP) is 3.05. The maximum Gasteiger partial charge on any atom is 0.408 e. The minimum atomic E-state index is -1.59. The van der Waals surface area contributed by atoms with Crippen LogP contribution in [0.15, 0.2) is 29.1 Å². The first kappa shape index (κ1) is 30.7. The molecule has 3 N–H and O–H groups in total. The molecule has 2 aromatic heterocycles. The summed E-state index contributed by atoms with van der Waals surface area (Å²) < 4.78 is 17.5. The van der Waals surface area contributed by atoms with Crippen LogP contribution < -0.4 is 15.6 Å². The van der Waals surface area contributed by atoms with Crippen molar-refractivity contribution in [1.82, 2.24) is 14.9 Å². The third kappa shape index (κ3) is 6.00. The quantitative estimate of drug-likeness (QED) is 0.216. The standard InChI is InChI=1S/C31H33N3O10/c1-15-17-10-16(43-28(39)22(8-9-24(35)36)33-29(40)44-30(2,3)4)6-7-21(17)32-26-18(15)13-34-23(26)11-20-19(27(34)38)14-42-25(37)12-31(20,5)41/h6-7,10-11,22,41H,8-9,12-14H2,1-5H3,(H,33,40)(H,35,36)/t22-,31?/m0/s1. The van der Waals surface area contributed by atoms with Gasteiger partial charge in [-0.1, -0.05) is 0 Å². The summed E-state index contributed by atoms with van der Waals surface area (Å²) in [4.78, 5) is 66.9. The lowest BCUT2D eigenvalue weighted by Gasteiger charge is -2.22. The minimum absolute atomic E-state index is 0.149. The third-order valence-electron chi connectivity index (χ3n) is 7.59. The second-order valence-corrected chi connectivity index (χ2v) is 12.2. The SMILES string of the molecule is Cc1c2c(nc3ccc(OC(=O)[C@H](CCC(=O)O)NC(=O)OC(C)(C)C)cc13)-c1cc3c(c(=O)n1C2)COC(=O)CC3(C)O. The number of benzene rings is 1. The number of carbonyl (C=O) groups excluding carboxylic acids is 3. The molecule has 0 saturated carbocycles. The topological polar surface area (TPSA) is 183 Å². The van der Waals surface area contributed by atoms with Crippen LogP contribution in [0.1, 0.15) is 69.2 Å². The molecule has 2 aliphatic rings. The molecule has 0 fully saturated rings. The highest BCUT2D eigenvalue weighted by molar-refractivity contribution is 5.90. The Balaban J connectivity index is 1.46. The summed E-state index contributed by atoms with van der Waals surface area (Å²) in [5.74, 6) is -2.45. The number of alkyl carbamates (subject to hydrolysis) is 1. The number of aliphatic carboxylic acids is 1. The number of esters is 2. The molecule has 13 nitrogen and oxygen atoms in total. The maximum absolute atomic E-state index is 13.5. The molecule has 3 aromatic rings. The van der Waals surface area contributed by atoms with Crippen LogP contribution >= 0.6 is 0 Å². The van der Waals surface area contributed by atoms with Gasteiger partial charge >= 0.3 is 24.0 Å². The molecule has 2 aliphatic heterocycles. The van der Waals surface area contributed by atoms with Gasteiger partial charge in [0.15, 0.2) is 0 Å². The van der Waals surface area contributed by atoms with E-state index in [9.17, 15) is 29.1 Å². The number of cyclic esters (lactones) is 1. The second-order valence-electron chi connectivity index (χ2n) is 12.2. The van der Waals surface area contributed by atoms with Crippen molar-refractivity contribution in [2.75, 3.05) is 0 Å². The number of aryl methyl sites for hydroxylation is 1. The van der Waals surface area contributed by atoms with E-state index in [1.165, 1.54) is 17.6 Å². The fourth-order valence-electron chi connectivity index (χ4n) is 5.46. The van der Waals surface area contributed by atoms with Crippen LogP contribution in [-0.2, 0) is 42.6 Å². The second kappa shape index (κ2) is 11.1. The fourth-order valence-corrected chi connectivity index (χ4v) is 5.46. The van der Waals surface area contributed by atoms with Gasteiger partial charge in [0.25, 0.3) is 5.56 Å². The number of carbonyl (C=O) groups is 4. The zero-order valence-corrected chi connectivity index (χ0v) is 25.0. The van der Waals surface area contributed by atoms with Gasteiger partial charge < -0.3 is 34.3 Å². The predicted molar refractivity (Wildman–Crippen MR) is 155 cm³/mol. The van der Waals surface area contributed by atoms with Gasteiger partial charge in [0.1, 0.15) is 24.0 Å². The van der Waals surface area contributed by atoms with Crippen LogP contribution in [0.4, 0.5) is 4.79 Å². The highest BCUT2D eigenvalue weighted by Gasteiger charge is 2.37.